The van der Waals surface area contributed by atoms with Gasteiger partial charge in [0, 0.05) is 44.7 Å². The van der Waals surface area contributed by atoms with E-state index in [4.69, 9.17) is 4.74 Å². The van der Waals surface area contributed by atoms with E-state index < -0.39 is 11.4 Å². The molecule has 0 bridgehead atoms. The molecule has 1 aromatic rings. The van der Waals surface area contributed by atoms with Crippen LogP contribution in [0.4, 0.5) is 0 Å². The lowest BCUT2D eigenvalue weighted by molar-refractivity contribution is -0.149. The summed E-state index contributed by atoms with van der Waals surface area (Å²) in [5.41, 5.74) is 0.400. The fraction of sp³-hybridized carbons (Fsp3) is 0.650. The molecule has 2 N–H and O–H groups in total. The number of aliphatic carboxylic acids is 1. The zero-order valence-electron chi connectivity index (χ0n) is 15.4. The molecule has 2 heterocycles. The van der Waals surface area contributed by atoms with Gasteiger partial charge >= 0.3 is 5.97 Å². The number of phenolic OH excluding ortho intramolecular Hbond substituents is 1. The van der Waals surface area contributed by atoms with Crippen LogP contribution in [0.5, 0.6) is 11.5 Å². The minimum absolute atomic E-state index is 0.128. The van der Waals surface area contributed by atoms with Crippen molar-refractivity contribution in [1.29, 1.82) is 0 Å². The van der Waals surface area contributed by atoms with Crippen molar-refractivity contribution in [2.45, 2.75) is 38.3 Å². The third-order valence-corrected chi connectivity index (χ3v) is 6.62. The fourth-order valence-corrected chi connectivity index (χ4v) is 5.26. The highest BCUT2D eigenvalue weighted by Gasteiger charge is 2.58. The Hall–Kier alpha value is -1.79. The van der Waals surface area contributed by atoms with Gasteiger partial charge in [-0.2, -0.15) is 0 Å². The average molecular weight is 360 g/mol. The molecule has 0 radical (unpaired) electrons. The second-order valence-electron chi connectivity index (χ2n) is 8.20. The number of hydrogen-bond acceptors (Lipinski definition) is 5. The van der Waals surface area contributed by atoms with Gasteiger partial charge in [-0.15, -0.1) is 0 Å². The summed E-state index contributed by atoms with van der Waals surface area (Å²) in [5.74, 6) is 0.138. The number of carboxylic acids is 1. The summed E-state index contributed by atoms with van der Waals surface area (Å²) < 4.78 is 5.18. The highest BCUT2D eigenvalue weighted by molar-refractivity contribution is 5.77. The van der Waals surface area contributed by atoms with Crippen LogP contribution in [0.15, 0.2) is 18.2 Å². The first-order valence-corrected chi connectivity index (χ1v) is 9.57. The van der Waals surface area contributed by atoms with Gasteiger partial charge in [-0.3, -0.25) is 14.6 Å². The van der Waals surface area contributed by atoms with E-state index in [-0.39, 0.29) is 11.7 Å². The van der Waals surface area contributed by atoms with Crippen molar-refractivity contribution in [3.8, 4) is 11.5 Å². The molecule has 1 aromatic carbocycles. The molecule has 0 amide bonds. The van der Waals surface area contributed by atoms with Crippen molar-refractivity contribution < 1.29 is 19.7 Å². The smallest absolute Gasteiger partial charge is 0.312 e. The predicted molar refractivity (Wildman–Crippen MR) is 97.3 cm³/mol. The second kappa shape index (κ2) is 6.74. The van der Waals surface area contributed by atoms with E-state index in [9.17, 15) is 15.0 Å². The molecule has 3 aliphatic rings. The molecule has 4 rings (SSSR count). The van der Waals surface area contributed by atoms with E-state index in [2.05, 4.69) is 9.80 Å². The summed E-state index contributed by atoms with van der Waals surface area (Å²) in [7, 11) is 1.54. The van der Waals surface area contributed by atoms with Crippen molar-refractivity contribution in [3.63, 3.8) is 0 Å². The monoisotopic (exact) mass is 360 g/mol. The summed E-state index contributed by atoms with van der Waals surface area (Å²) in [5, 5.41) is 19.8. The molecular formula is C20H28N2O4. The first-order chi connectivity index (χ1) is 12.5. The number of aromatic hydroxyl groups is 1. The molecule has 26 heavy (non-hydrogen) atoms. The van der Waals surface area contributed by atoms with Gasteiger partial charge in [-0.1, -0.05) is 18.9 Å². The largest absolute Gasteiger partial charge is 0.504 e. The van der Waals surface area contributed by atoms with E-state index in [0.29, 0.717) is 31.4 Å². The molecule has 2 atom stereocenters. The minimum atomic E-state index is -0.645. The molecule has 142 valence electrons. The number of fused-ring (bicyclic) bond motifs is 1. The molecule has 1 aliphatic carbocycles. The van der Waals surface area contributed by atoms with E-state index >= 15 is 0 Å². The van der Waals surface area contributed by atoms with E-state index in [1.165, 1.54) is 32.8 Å². The van der Waals surface area contributed by atoms with Crippen LogP contribution in [-0.4, -0.2) is 65.3 Å². The van der Waals surface area contributed by atoms with Gasteiger partial charge in [-0.25, -0.2) is 0 Å². The van der Waals surface area contributed by atoms with E-state index in [0.717, 1.165) is 18.7 Å². The third kappa shape index (κ3) is 2.95. The lowest BCUT2D eigenvalue weighted by Gasteiger charge is -2.28. The average Bonchev–Trinajstić information content (AvgIpc) is 3.30. The minimum Gasteiger partial charge on any atom is -0.504 e. The summed E-state index contributed by atoms with van der Waals surface area (Å²) in [6, 6.07) is 5.94. The van der Waals surface area contributed by atoms with Crippen LogP contribution in [0.1, 0.15) is 31.2 Å². The van der Waals surface area contributed by atoms with Crippen LogP contribution in [0.3, 0.4) is 0 Å². The van der Waals surface area contributed by atoms with Crippen molar-refractivity contribution in [2.24, 2.45) is 11.3 Å². The number of hydrogen-bond donors (Lipinski definition) is 2. The quantitative estimate of drug-likeness (QED) is 0.838. The Morgan fingerprint density at radius 1 is 1.27 bits per heavy atom. The number of carboxylic acid groups (broad SMARTS) is 1. The first kappa shape index (κ1) is 17.6. The van der Waals surface area contributed by atoms with Crippen LogP contribution in [0.25, 0.3) is 0 Å². The van der Waals surface area contributed by atoms with Crippen molar-refractivity contribution in [1.82, 2.24) is 9.80 Å². The molecule has 2 aliphatic heterocycles. The van der Waals surface area contributed by atoms with E-state index in [1.54, 1.807) is 6.07 Å². The normalized spacial score (nSPS) is 30.0. The van der Waals surface area contributed by atoms with Gasteiger partial charge in [0.05, 0.1) is 12.5 Å². The highest BCUT2D eigenvalue weighted by Crippen LogP contribution is 2.45. The van der Waals surface area contributed by atoms with Gasteiger partial charge in [0.2, 0.25) is 0 Å². The Kier molecular flexibility index (Phi) is 4.57. The Morgan fingerprint density at radius 2 is 2.04 bits per heavy atom. The van der Waals surface area contributed by atoms with Crippen LogP contribution in [0.2, 0.25) is 0 Å². The number of phenols is 1. The molecule has 0 aromatic heterocycles. The molecular weight excluding hydrogens is 332 g/mol. The van der Waals surface area contributed by atoms with Gasteiger partial charge in [-0.05, 0) is 30.5 Å². The molecule has 0 unspecified atom stereocenters. The molecule has 3 fully saturated rings. The van der Waals surface area contributed by atoms with Crippen LogP contribution < -0.4 is 4.74 Å². The van der Waals surface area contributed by atoms with Crippen molar-refractivity contribution in [2.75, 3.05) is 33.3 Å². The molecule has 6 nitrogen and oxygen atoms in total. The zero-order chi connectivity index (χ0) is 18.3. The van der Waals surface area contributed by atoms with Crippen molar-refractivity contribution >= 4 is 5.97 Å². The summed E-state index contributed by atoms with van der Waals surface area (Å²) in [6.45, 7) is 3.70. The summed E-state index contributed by atoms with van der Waals surface area (Å²) in [6.07, 6.45) is 5.00. The fourth-order valence-electron chi connectivity index (χ4n) is 5.26. The number of nitrogens with zero attached hydrogens (tertiary/aromatic N) is 2. The Morgan fingerprint density at radius 3 is 2.69 bits per heavy atom. The number of carbonyl (C=O) groups is 1. The molecule has 0 spiro atoms. The summed E-state index contributed by atoms with van der Waals surface area (Å²) in [4.78, 5) is 16.9. The van der Waals surface area contributed by atoms with E-state index in [1.807, 2.05) is 12.1 Å². The number of likely N-dealkylation sites (tertiary alicyclic amines) is 2. The first-order valence-electron chi connectivity index (χ1n) is 9.57. The molecule has 1 saturated carbocycles. The maximum absolute atomic E-state index is 12.2. The van der Waals surface area contributed by atoms with Crippen molar-refractivity contribution in [3.05, 3.63) is 23.8 Å². The van der Waals surface area contributed by atoms with Gasteiger partial charge < -0.3 is 14.9 Å². The highest BCUT2D eigenvalue weighted by atomic mass is 16.5. The van der Waals surface area contributed by atoms with Crippen LogP contribution in [-0.2, 0) is 11.3 Å². The topological polar surface area (TPSA) is 73.2 Å². The van der Waals surface area contributed by atoms with Gasteiger partial charge in [0.15, 0.2) is 11.5 Å². The van der Waals surface area contributed by atoms with Gasteiger partial charge in [0.1, 0.15) is 0 Å². The van der Waals surface area contributed by atoms with Crippen LogP contribution >= 0.6 is 0 Å². The second-order valence-corrected chi connectivity index (χ2v) is 8.20. The Bertz CT molecular complexity index is 688. The summed E-state index contributed by atoms with van der Waals surface area (Å²) >= 11 is 0. The lowest BCUT2D eigenvalue weighted by Crippen LogP contribution is -2.42. The third-order valence-electron chi connectivity index (χ3n) is 6.62. The molecule has 2 saturated heterocycles. The lowest BCUT2D eigenvalue weighted by atomic mass is 9.81. The zero-order valence-corrected chi connectivity index (χ0v) is 15.4. The molecule has 6 heteroatoms. The Balaban J connectivity index is 1.47. The number of benzene rings is 1. The maximum Gasteiger partial charge on any atom is 0.312 e. The number of ether oxygens (including phenoxy) is 1. The number of rotatable bonds is 5. The SMILES string of the molecule is COc1cc(CN2C[C@H]3CN(C4CCCC4)C[C@@]3(C(=O)O)C2)ccc1O. The Labute approximate surface area is 154 Å². The van der Waals surface area contributed by atoms with Crippen LogP contribution in [0, 0.1) is 11.3 Å². The standard InChI is InChI=1S/C20H28N2O4/c1-26-18-8-14(6-7-17(18)23)9-21-10-15-11-22(16-4-2-3-5-16)13-20(15,12-21)19(24)25/h6-8,15-16,23H,2-5,9-13H2,1H3,(H,24,25)/t15-,20-/m0/s1. The maximum atomic E-state index is 12.2. The van der Waals surface area contributed by atoms with Gasteiger partial charge in [0.25, 0.3) is 0 Å². The predicted octanol–water partition coefficient (Wildman–Crippen LogP) is 2.16. The number of methoxy groups -OCH3 is 1.